The zero-order valence-electron chi connectivity index (χ0n) is 16.3. The van der Waals surface area contributed by atoms with Crippen LogP contribution in [0.3, 0.4) is 0 Å². The number of carbonyl (C=O) groups excluding carboxylic acids is 2. The van der Waals surface area contributed by atoms with Gasteiger partial charge in [0.2, 0.25) is 10.0 Å². The number of sulfonamides is 1. The highest BCUT2D eigenvalue weighted by Crippen LogP contribution is 2.16. The molecule has 0 aliphatic carbocycles. The van der Waals surface area contributed by atoms with Crippen LogP contribution in [0.15, 0.2) is 29.2 Å². The first-order valence-corrected chi connectivity index (χ1v) is 10.6. The molecule has 1 N–H and O–H groups in total. The summed E-state index contributed by atoms with van der Waals surface area (Å²) in [6.07, 6.45) is 2.06. The van der Waals surface area contributed by atoms with E-state index in [1.54, 1.807) is 25.7 Å². The molecular weight excluding hydrogens is 368 g/mol. The van der Waals surface area contributed by atoms with Gasteiger partial charge in [-0.1, -0.05) is 6.92 Å². The van der Waals surface area contributed by atoms with E-state index in [1.165, 1.54) is 24.3 Å². The molecule has 0 radical (unpaired) electrons. The molecule has 7 nitrogen and oxygen atoms in total. The van der Waals surface area contributed by atoms with E-state index >= 15 is 0 Å². The predicted molar refractivity (Wildman–Crippen MR) is 102 cm³/mol. The Morgan fingerprint density at radius 1 is 1.22 bits per heavy atom. The summed E-state index contributed by atoms with van der Waals surface area (Å²) < 4.78 is 32.2. The lowest BCUT2D eigenvalue weighted by atomic mass is 10.0. The fourth-order valence-corrected chi connectivity index (χ4v) is 4.37. The molecule has 2 rings (SSSR count). The maximum absolute atomic E-state index is 12.3. The van der Waals surface area contributed by atoms with E-state index in [-0.39, 0.29) is 23.0 Å². The molecule has 1 unspecified atom stereocenters. The molecule has 1 aromatic rings. The van der Waals surface area contributed by atoms with E-state index in [4.69, 9.17) is 4.74 Å². The summed E-state index contributed by atoms with van der Waals surface area (Å²) in [5.41, 5.74) is -0.410. The molecule has 0 bridgehead atoms. The van der Waals surface area contributed by atoms with E-state index in [2.05, 4.69) is 11.6 Å². The van der Waals surface area contributed by atoms with E-state index in [9.17, 15) is 18.0 Å². The first-order chi connectivity index (χ1) is 12.5. The molecule has 27 heavy (non-hydrogen) atoms. The highest BCUT2D eigenvalue weighted by atomic mass is 32.2. The minimum atomic E-state index is -3.67. The van der Waals surface area contributed by atoms with Crippen LogP contribution in [0.5, 0.6) is 0 Å². The van der Waals surface area contributed by atoms with Crippen molar-refractivity contribution in [3.63, 3.8) is 0 Å². The highest BCUT2D eigenvalue weighted by molar-refractivity contribution is 7.89. The monoisotopic (exact) mass is 396 g/mol. The molecule has 1 aliphatic rings. The predicted octanol–water partition coefficient (Wildman–Crippen LogP) is 2.18. The molecule has 0 spiro atoms. The van der Waals surface area contributed by atoms with Crippen molar-refractivity contribution in [2.45, 2.75) is 51.0 Å². The second kappa shape index (κ2) is 8.39. The van der Waals surface area contributed by atoms with E-state index in [0.717, 1.165) is 12.8 Å². The molecule has 1 fully saturated rings. The van der Waals surface area contributed by atoms with Gasteiger partial charge in [0.25, 0.3) is 5.91 Å². The molecular formula is C19H28N2O5S. The summed E-state index contributed by atoms with van der Waals surface area (Å²) in [6.45, 7) is 8.40. The maximum Gasteiger partial charge on any atom is 0.338 e. The second-order valence-electron chi connectivity index (χ2n) is 8.04. The van der Waals surface area contributed by atoms with Crippen molar-refractivity contribution in [1.29, 1.82) is 0 Å². The smallest absolute Gasteiger partial charge is 0.338 e. The fourth-order valence-electron chi connectivity index (χ4n) is 2.95. The Kier molecular flexibility index (Phi) is 6.64. The maximum atomic E-state index is 12.3. The van der Waals surface area contributed by atoms with Crippen LogP contribution >= 0.6 is 0 Å². The molecule has 1 amide bonds. The summed E-state index contributed by atoms with van der Waals surface area (Å²) in [6, 6.07) is 5.46. The number of amides is 1. The molecule has 150 valence electrons. The summed E-state index contributed by atoms with van der Waals surface area (Å²) >= 11 is 0. The summed E-state index contributed by atoms with van der Waals surface area (Å²) in [5, 5.41) is 0. The van der Waals surface area contributed by atoms with Crippen LogP contribution in [0, 0.1) is 5.92 Å². The molecule has 1 aliphatic heterocycles. The van der Waals surface area contributed by atoms with Gasteiger partial charge in [-0.25, -0.2) is 17.9 Å². The van der Waals surface area contributed by atoms with Crippen molar-refractivity contribution < 1.29 is 22.7 Å². The van der Waals surface area contributed by atoms with E-state index < -0.39 is 21.5 Å². The number of benzene rings is 1. The molecule has 1 heterocycles. The lowest BCUT2D eigenvalue weighted by molar-refractivity contribution is -0.136. The molecule has 0 aromatic heterocycles. The number of rotatable bonds is 5. The molecule has 0 saturated carbocycles. The number of hydrogen-bond donors (Lipinski definition) is 1. The third-order valence-corrected chi connectivity index (χ3v) is 5.95. The van der Waals surface area contributed by atoms with Gasteiger partial charge in [-0.05, 0) is 63.8 Å². The van der Waals surface area contributed by atoms with Crippen molar-refractivity contribution in [1.82, 2.24) is 9.62 Å². The van der Waals surface area contributed by atoms with Gasteiger partial charge in [0, 0.05) is 18.6 Å². The van der Waals surface area contributed by atoms with Crippen LogP contribution in [0.2, 0.25) is 0 Å². The topological polar surface area (TPSA) is 92.8 Å². The van der Waals surface area contributed by atoms with Crippen molar-refractivity contribution in [2.75, 3.05) is 19.7 Å². The SMILES string of the molecule is CC1CCCN(C(=O)COC(=O)c2ccc(S(=O)(=O)NC(C)(C)C)cc2)C1. The normalized spacial score (nSPS) is 18.2. The summed E-state index contributed by atoms with van der Waals surface area (Å²) in [4.78, 5) is 26.1. The largest absolute Gasteiger partial charge is 0.452 e. The zero-order chi connectivity index (χ0) is 20.2. The summed E-state index contributed by atoms with van der Waals surface area (Å²) in [7, 11) is -3.67. The Labute approximate surface area is 161 Å². The van der Waals surface area contributed by atoms with Crippen molar-refractivity contribution in [3.8, 4) is 0 Å². The van der Waals surface area contributed by atoms with Crippen LogP contribution in [0.25, 0.3) is 0 Å². The lowest BCUT2D eigenvalue weighted by Gasteiger charge is -2.30. The Morgan fingerprint density at radius 3 is 2.41 bits per heavy atom. The fraction of sp³-hybridized carbons (Fsp3) is 0.579. The average molecular weight is 397 g/mol. The molecule has 1 atom stereocenters. The van der Waals surface area contributed by atoms with E-state index in [1.807, 2.05) is 0 Å². The van der Waals surface area contributed by atoms with Crippen LogP contribution in [-0.2, 0) is 19.6 Å². The standard InChI is InChI=1S/C19H28N2O5S/c1-14-6-5-11-21(12-14)17(22)13-26-18(23)15-7-9-16(10-8-15)27(24,25)20-19(2,3)4/h7-10,14,20H,5-6,11-13H2,1-4H3. The number of nitrogens with one attached hydrogen (secondary N) is 1. The molecule has 1 aromatic carbocycles. The van der Waals surface area contributed by atoms with E-state index in [0.29, 0.717) is 19.0 Å². The quantitative estimate of drug-likeness (QED) is 0.770. The Bertz CT molecular complexity index is 781. The van der Waals surface area contributed by atoms with Gasteiger partial charge in [0.05, 0.1) is 10.5 Å². The van der Waals surface area contributed by atoms with Crippen molar-refractivity contribution in [3.05, 3.63) is 29.8 Å². The second-order valence-corrected chi connectivity index (χ2v) is 9.73. The zero-order valence-corrected chi connectivity index (χ0v) is 17.1. The number of esters is 1. The summed E-state index contributed by atoms with van der Waals surface area (Å²) in [5.74, 6) is -0.404. The average Bonchev–Trinajstić information content (AvgIpc) is 2.57. The first kappa shape index (κ1) is 21.4. The highest BCUT2D eigenvalue weighted by Gasteiger charge is 2.24. The Balaban J connectivity index is 1.94. The third-order valence-electron chi connectivity index (χ3n) is 4.18. The third kappa shape index (κ3) is 6.32. The molecule has 1 saturated heterocycles. The number of hydrogen-bond acceptors (Lipinski definition) is 5. The van der Waals surface area contributed by atoms with Crippen molar-refractivity contribution >= 4 is 21.9 Å². The molecule has 8 heteroatoms. The number of ether oxygens (including phenoxy) is 1. The van der Waals surface area contributed by atoms with Gasteiger partial charge in [-0.3, -0.25) is 4.79 Å². The minimum Gasteiger partial charge on any atom is -0.452 e. The number of carbonyl (C=O) groups is 2. The number of nitrogens with zero attached hydrogens (tertiary/aromatic N) is 1. The van der Waals surface area contributed by atoms with Crippen LogP contribution in [-0.4, -0.2) is 50.4 Å². The van der Waals surface area contributed by atoms with Crippen LogP contribution < -0.4 is 4.72 Å². The number of likely N-dealkylation sites (tertiary alicyclic amines) is 1. The Morgan fingerprint density at radius 2 is 1.85 bits per heavy atom. The van der Waals surface area contributed by atoms with Gasteiger partial charge in [0.15, 0.2) is 6.61 Å². The van der Waals surface area contributed by atoms with Gasteiger partial charge < -0.3 is 9.64 Å². The Hall–Kier alpha value is -1.93. The van der Waals surface area contributed by atoms with Gasteiger partial charge in [-0.15, -0.1) is 0 Å². The van der Waals surface area contributed by atoms with Gasteiger partial charge >= 0.3 is 5.97 Å². The minimum absolute atomic E-state index is 0.0624. The van der Waals surface area contributed by atoms with Crippen molar-refractivity contribution in [2.24, 2.45) is 5.92 Å². The number of piperidine rings is 1. The van der Waals surface area contributed by atoms with Gasteiger partial charge in [-0.2, -0.15) is 0 Å². The first-order valence-electron chi connectivity index (χ1n) is 9.07. The van der Waals surface area contributed by atoms with Crippen LogP contribution in [0.4, 0.5) is 0 Å². The van der Waals surface area contributed by atoms with Crippen LogP contribution in [0.1, 0.15) is 50.9 Å². The lowest BCUT2D eigenvalue weighted by Crippen LogP contribution is -2.41. The van der Waals surface area contributed by atoms with Gasteiger partial charge in [0.1, 0.15) is 0 Å².